The molecule has 0 unspecified atom stereocenters. The fraction of sp³-hybridized carbons (Fsp3) is 0.636. The summed E-state index contributed by atoms with van der Waals surface area (Å²) in [6.07, 6.45) is 4.10. The number of thiocarbonyl (C=S) groups is 1. The highest BCUT2D eigenvalue weighted by molar-refractivity contribution is 7.80. The third kappa shape index (κ3) is 3.17. The number of aromatic nitrogens is 2. The first-order chi connectivity index (χ1) is 8.31. The summed E-state index contributed by atoms with van der Waals surface area (Å²) < 4.78 is 1.99. The van der Waals surface area contributed by atoms with Gasteiger partial charge in [-0.15, -0.1) is 0 Å². The van der Waals surface area contributed by atoms with Crippen molar-refractivity contribution >= 4 is 23.1 Å². The van der Waals surface area contributed by atoms with Crippen LogP contribution < -0.4 is 16.0 Å². The van der Waals surface area contributed by atoms with Crippen LogP contribution in [0.3, 0.4) is 0 Å². The van der Waals surface area contributed by atoms with Crippen molar-refractivity contribution in [2.24, 2.45) is 0 Å². The lowest BCUT2D eigenvalue weighted by Gasteiger charge is -2.29. The van der Waals surface area contributed by atoms with Gasteiger partial charge in [-0.25, -0.2) is 4.68 Å². The molecule has 1 saturated heterocycles. The molecule has 0 atom stereocenters. The first-order valence-corrected chi connectivity index (χ1v) is 6.51. The van der Waals surface area contributed by atoms with Crippen LogP contribution in [0.5, 0.6) is 0 Å². The van der Waals surface area contributed by atoms with E-state index < -0.39 is 0 Å². The number of nitrogens with zero attached hydrogens (tertiary/aromatic N) is 2. The molecule has 0 aromatic carbocycles. The molecule has 5 nitrogen and oxygen atoms in total. The van der Waals surface area contributed by atoms with E-state index in [1.165, 1.54) is 6.42 Å². The molecular formula is C11H19N5S. The highest BCUT2D eigenvalue weighted by Crippen LogP contribution is 2.17. The Bertz CT molecular complexity index is 372. The summed E-state index contributed by atoms with van der Waals surface area (Å²) in [6.45, 7) is 5.04. The Labute approximate surface area is 107 Å². The van der Waals surface area contributed by atoms with E-state index in [0.29, 0.717) is 11.2 Å². The van der Waals surface area contributed by atoms with Crippen LogP contribution in [-0.2, 0) is 0 Å². The average Bonchev–Trinajstić information content (AvgIpc) is 2.64. The molecule has 2 rings (SSSR count). The fourth-order valence-electron chi connectivity index (χ4n) is 1.69. The van der Waals surface area contributed by atoms with Crippen molar-refractivity contribution < 1.29 is 0 Å². The molecule has 1 fully saturated rings. The molecule has 0 radical (unpaired) electrons. The van der Waals surface area contributed by atoms with E-state index >= 15 is 0 Å². The van der Waals surface area contributed by atoms with Crippen molar-refractivity contribution in [3.63, 3.8) is 0 Å². The lowest BCUT2D eigenvalue weighted by atomic mass is 10.2. The molecule has 3 N–H and O–H groups in total. The Morgan fingerprint density at radius 2 is 2.47 bits per heavy atom. The summed E-state index contributed by atoms with van der Waals surface area (Å²) in [4.78, 5) is 0. The van der Waals surface area contributed by atoms with Gasteiger partial charge in [0.2, 0.25) is 0 Å². The fourth-order valence-corrected chi connectivity index (χ4v) is 1.90. The first-order valence-electron chi connectivity index (χ1n) is 6.10. The number of hydrogen-bond acceptors (Lipinski definition) is 3. The van der Waals surface area contributed by atoms with E-state index in [1.54, 1.807) is 6.20 Å². The number of nitrogens with one attached hydrogen (secondary N) is 3. The third-order valence-corrected chi connectivity index (χ3v) is 3.08. The maximum absolute atomic E-state index is 5.24. The van der Waals surface area contributed by atoms with Gasteiger partial charge in [0, 0.05) is 25.7 Å². The van der Waals surface area contributed by atoms with E-state index in [-0.39, 0.29) is 0 Å². The maximum Gasteiger partial charge on any atom is 0.171 e. The van der Waals surface area contributed by atoms with Crippen LogP contribution in [0.25, 0.3) is 0 Å². The second-order valence-corrected chi connectivity index (χ2v) is 4.62. The van der Waals surface area contributed by atoms with Gasteiger partial charge in [-0.05, 0) is 18.6 Å². The van der Waals surface area contributed by atoms with Crippen LogP contribution in [0.1, 0.15) is 25.8 Å². The van der Waals surface area contributed by atoms with Gasteiger partial charge in [-0.2, -0.15) is 5.10 Å². The predicted octanol–water partition coefficient (Wildman–Crippen LogP) is 1.11. The van der Waals surface area contributed by atoms with Gasteiger partial charge in [0.25, 0.3) is 0 Å². The lowest BCUT2D eigenvalue weighted by Crippen LogP contribution is -2.44. The Morgan fingerprint density at radius 3 is 3.12 bits per heavy atom. The van der Waals surface area contributed by atoms with Crippen molar-refractivity contribution in [1.82, 2.24) is 20.4 Å². The molecule has 0 spiro atoms. The van der Waals surface area contributed by atoms with E-state index in [1.807, 2.05) is 10.7 Å². The minimum Gasteiger partial charge on any atom is -0.362 e. The summed E-state index contributed by atoms with van der Waals surface area (Å²) in [5.74, 6) is 0.963. The van der Waals surface area contributed by atoms with Crippen LogP contribution >= 0.6 is 12.2 Å². The van der Waals surface area contributed by atoms with Gasteiger partial charge < -0.3 is 16.0 Å². The molecule has 1 aliphatic rings. The van der Waals surface area contributed by atoms with Gasteiger partial charge in [-0.1, -0.05) is 13.3 Å². The summed E-state index contributed by atoms with van der Waals surface area (Å²) >= 11 is 5.24. The van der Waals surface area contributed by atoms with Crippen LogP contribution in [-0.4, -0.2) is 34.5 Å². The van der Waals surface area contributed by atoms with E-state index in [4.69, 9.17) is 12.2 Å². The van der Waals surface area contributed by atoms with Crippen molar-refractivity contribution in [3.05, 3.63) is 12.3 Å². The zero-order chi connectivity index (χ0) is 12.1. The van der Waals surface area contributed by atoms with Crippen LogP contribution in [0, 0.1) is 0 Å². The van der Waals surface area contributed by atoms with E-state index in [0.717, 1.165) is 31.9 Å². The third-order valence-electron chi connectivity index (χ3n) is 2.83. The SMILES string of the molecule is CCCCNC(=S)Nc1ccnn1C1CNC1. The molecule has 0 saturated carbocycles. The summed E-state index contributed by atoms with van der Waals surface area (Å²) in [6, 6.07) is 2.40. The zero-order valence-electron chi connectivity index (χ0n) is 10.1. The van der Waals surface area contributed by atoms with Crippen LogP contribution in [0.15, 0.2) is 12.3 Å². The number of anilines is 1. The van der Waals surface area contributed by atoms with Crippen LogP contribution in [0.4, 0.5) is 5.82 Å². The maximum atomic E-state index is 5.24. The highest BCUT2D eigenvalue weighted by atomic mass is 32.1. The van der Waals surface area contributed by atoms with E-state index in [2.05, 4.69) is 28.0 Å². The smallest absolute Gasteiger partial charge is 0.171 e. The van der Waals surface area contributed by atoms with Crippen molar-refractivity contribution in [2.75, 3.05) is 25.0 Å². The zero-order valence-corrected chi connectivity index (χ0v) is 10.9. The molecule has 1 aliphatic heterocycles. The summed E-state index contributed by atoms with van der Waals surface area (Å²) in [5, 5.41) is 14.6. The molecule has 6 heteroatoms. The molecule has 17 heavy (non-hydrogen) atoms. The van der Waals surface area contributed by atoms with Crippen LogP contribution in [0.2, 0.25) is 0 Å². The largest absolute Gasteiger partial charge is 0.362 e. The summed E-state index contributed by atoms with van der Waals surface area (Å²) in [7, 11) is 0. The monoisotopic (exact) mass is 253 g/mol. The molecule has 94 valence electrons. The first kappa shape index (κ1) is 12.3. The van der Waals surface area contributed by atoms with Gasteiger partial charge in [0.1, 0.15) is 5.82 Å². The van der Waals surface area contributed by atoms with Gasteiger partial charge in [0.05, 0.1) is 12.2 Å². The predicted molar refractivity (Wildman–Crippen MR) is 73.3 cm³/mol. The van der Waals surface area contributed by atoms with Gasteiger partial charge >= 0.3 is 0 Å². The molecule has 1 aromatic rings. The quantitative estimate of drug-likeness (QED) is 0.542. The lowest BCUT2D eigenvalue weighted by molar-refractivity contribution is 0.322. The van der Waals surface area contributed by atoms with Gasteiger partial charge in [-0.3, -0.25) is 0 Å². The Kier molecular flexibility index (Phi) is 4.33. The molecule has 1 aromatic heterocycles. The molecule has 0 bridgehead atoms. The minimum absolute atomic E-state index is 0.450. The number of hydrogen-bond donors (Lipinski definition) is 3. The van der Waals surface area contributed by atoms with Crippen molar-refractivity contribution in [2.45, 2.75) is 25.8 Å². The second-order valence-electron chi connectivity index (χ2n) is 4.21. The molecular weight excluding hydrogens is 234 g/mol. The molecule has 2 heterocycles. The Balaban J connectivity index is 1.85. The average molecular weight is 253 g/mol. The Hall–Kier alpha value is -1.14. The molecule has 0 amide bonds. The minimum atomic E-state index is 0.450. The van der Waals surface area contributed by atoms with Crippen molar-refractivity contribution in [3.8, 4) is 0 Å². The standard InChI is InChI=1S/C11H19N5S/c1-2-3-5-13-11(17)15-10-4-6-14-16(10)9-7-12-8-9/h4,6,9,12H,2-3,5,7-8H2,1H3,(H2,13,15,17). The highest BCUT2D eigenvalue weighted by Gasteiger charge is 2.21. The van der Waals surface area contributed by atoms with Crippen molar-refractivity contribution in [1.29, 1.82) is 0 Å². The second kappa shape index (κ2) is 5.97. The normalized spacial score (nSPS) is 15.4. The topological polar surface area (TPSA) is 53.9 Å². The summed E-state index contributed by atoms with van der Waals surface area (Å²) in [5.41, 5.74) is 0. The Morgan fingerprint density at radius 1 is 1.65 bits per heavy atom. The number of rotatable bonds is 5. The number of unbranched alkanes of at least 4 members (excludes halogenated alkanes) is 1. The molecule has 0 aliphatic carbocycles. The van der Waals surface area contributed by atoms with E-state index in [9.17, 15) is 0 Å². The van der Waals surface area contributed by atoms with Gasteiger partial charge in [0.15, 0.2) is 5.11 Å².